The van der Waals surface area contributed by atoms with E-state index in [4.69, 9.17) is 0 Å². The third-order valence-corrected chi connectivity index (χ3v) is 5.91. The topological polar surface area (TPSA) is 0 Å². The summed E-state index contributed by atoms with van der Waals surface area (Å²) in [5.41, 5.74) is 0. The number of quaternary nitrogens is 2. The van der Waals surface area contributed by atoms with Crippen molar-refractivity contribution in [3.05, 3.63) is 0 Å². The molecule has 170 valence electrons. The van der Waals surface area contributed by atoms with Gasteiger partial charge in [0.2, 0.25) is 0 Å². The predicted molar refractivity (Wildman–Crippen MR) is 129 cm³/mol. The van der Waals surface area contributed by atoms with Crippen LogP contribution < -0.4 is 0 Å². The molecule has 0 rings (SSSR count). The third-order valence-electron chi connectivity index (χ3n) is 5.91. The molecule has 0 spiro atoms. The van der Waals surface area contributed by atoms with Crippen LogP contribution in [0.4, 0.5) is 0 Å². The number of hydrogen-bond acceptors (Lipinski definition) is 0. The van der Waals surface area contributed by atoms with E-state index in [1.165, 1.54) is 129 Å². The predicted octanol–water partition coefficient (Wildman–Crippen LogP) is 7.42. The first kappa shape index (κ1) is 27.9. The van der Waals surface area contributed by atoms with Crippen LogP contribution in [0.1, 0.15) is 116 Å². The van der Waals surface area contributed by atoms with Gasteiger partial charge < -0.3 is 8.97 Å². The van der Waals surface area contributed by atoms with Gasteiger partial charge in [-0.15, -0.1) is 0 Å². The third kappa shape index (κ3) is 25.9. The summed E-state index contributed by atoms with van der Waals surface area (Å²) in [4.78, 5) is 0. The molecule has 0 aliphatic rings. The second-order valence-corrected chi connectivity index (χ2v) is 11.4. The Bertz CT molecular complexity index is 279. The van der Waals surface area contributed by atoms with Gasteiger partial charge in [0.1, 0.15) is 0 Å². The molecule has 0 fully saturated rings. The van der Waals surface area contributed by atoms with Crippen molar-refractivity contribution in [2.45, 2.75) is 116 Å². The summed E-state index contributed by atoms with van der Waals surface area (Å²) in [7, 11) is 13.8. The number of nitrogens with zero attached hydrogens (tertiary/aromatic N) is 2. The van der Waals surface area contributed by atoms with E-state index in [1.807, 2.05) is 0 Å². The lowest BCUT2D eigenvalue weighted by Gasteiger charge is -2.23. The maximum Gasteiger partial charge on any atom is 0.0780 e. The van der Waals surface area contributed by atoms with Crippen molar-refractivity contribution in [3.63, 3.8) is 0 Å². The number of hydrogen-bond donors (Lipinski definition) is 0. The lowest BCUT2D eigenvalue weighted by molar-refractivity contribution is -0.870. The van der Waals surface area contributed by atoms with E-state index in [9.17, 15) is 0 Å². The first-order valence-corrected chi connectivity index (χ1v) is 12.8. The minimum Gasteiger partial charge on any atom is -0.331 e. The largest absolute Gasteiger partial charge is 0.331 e. The molecule has 0 heterocycles. The van der Waals surface area contributed by atoms with Crippen molar-refractivity contribution in [3.8, 4) is 0 Å². The Morgan fingerprint density at radius 1 is 0.250 bits per heavy atom. The van der Waals surface area contributed by atoms with Crippen LogP contribution in [0, 0.1) is 0 Å². The van der Waals surface area contributed by atoms with Gasteiger partial charge in [0.25, 0.3) is 0 Å². The lowest BCUT2D eigenvalue weighted by Crippen LogP contribution is -2.35. The average Bonchev–Trinajstić information content (AvgIpc) is 2.58. The molecule has 0 aromatic rings. The fourth-order valence-electron chi connectivity index (χ4n) is 4.00. The van der Waals surface area contributed by atoms with E-state index in [2.05, 4.69) is 42.3 Å². The molecule has 0 aliphatic heterocycles. The highest BCUT2D eigenvalue weighted by molar-refractivity contribution is 4.50. The minimum atomic E-state index is 1.12. The van der Waals surface area contributed by atoms with E-state index >= 15 is 0 Å². The number of rotatable bonds is 21. The van der Waals surface area contributed by atoms with Crippen molar-refractivity contribution >= 4 is 0 Å². The van der Waals surface area contributed by atoms with E-state index < -0.39 is 0 Å². The van der Waals surface area contributed by atoms with E-state index in [0.29, 0.717) is 0 Å². The molecule has 0 saturated carbocycles. The van der Waals surface area contributed by atoms with Crippen molar-refractivity contribution in [1.82, 2.24) is 0 Å². The van der Waals surface area contributed by atoms with Gasteiger partial charge in [0, 0.05) is 0 Å². The molecule has 0 amide bonds. The monoisotopic (exact) mass is 398 g/mol. The Hall–Kier alpha value is -0.0800. The maximum atomic E-state index is 2.30. The highest BCUT2D eigenvalue weighted by atomic mass is 15.3. The first-order valence-electron chi connectivity index (χ1n) is 12.8. The summed E-state index contributed by atoms with van der Waals surface area (Å²) in [5, 5.41) is 0. The van der Waals surface area contributed by atoms with Gasteiger partial charge in [0.15, 0.2) is 0 Å². The fraction of sp³-hybridized carbons (Fsp3) is 1.00. The van der Waals surface area contributed by atoms with Crippen LogP contribution in [0.5, 0.6) is 0 Å². The summed E-state index contributed by atoms with van der Waals surface area (Å²) >= 11 is 0. The first-order chi connectivity index (χ1) is 13.2. The Morgan fingerprint density at radius 2 is 0.393 bits per heavy atom. The maximum absolute atomic E-state index is 2.30. The summed E-state index contributed by atoms with van der Waals surface area (Å²) < 4.78 is 2.24. The zero-order chi connectivity index (χ0) is 21.1. The normalized spacial score (nSPS) is 12.6. The van der Waals surface area contributed by atoms with Gasteiger partial charge in [-0.05, 0) is 25.7 Å². The van der Waals surface area contributed by atoms with Crippen LogP contribution in [0.25, 0.3) is 0 Å². The highest BCUT2D eigenvalue weighted by Crippen LogP contribution is 2.14. The zero-order valence-corrected chi connectivity index (χ0v) is 21.0. The zero-order valence-electron chi connectivity index (χ0n) is 21.0. The molecule has 0 aromatic carbocycles. The van der Waals surface area contributed by atoms with Gasteiger partial charge in [-0.3, -0.25) is 0 Å². The van der Waals surface area contributed by atoms with Gasteiger partial charge in [-0.1, -0.05) is 89.9 Å². The Kier molecular flexibility index (Phi) is 17.7. The van der Waals surface area contributed by atoms with Crippen molar-refractivity contribution in [2.75, 3.05) is 55.4 Å². The van der Waals surface area contributed by atoms with Crippen molar-refractivity contribution < 1.29 is 8.97 Å². The molecule has 0 atom stereocenters. The van der Waals surface area contributed by atoms with Crippen LogP contribution >= 0.6 is 0 Å². The minimum absolute atomic E-state index is 1.12. The smallest absolute Gasteiger partial charge is 0.0780 e. The quantitative estimate of drug-likeness (QED) is 0.139. The van der Waals surface area contributed by atoms with Crippen LogP contribution in [-0.2, 0) is 0 Å². The molecule has 2 heteroatoms. The second-order valence-electron chi connectivity index (χ2n) is 11.4. The molecule has 0 unspecified atom stereocenters. The fourth-order valence-corrected chi connectivity index (χ4v) is 4.00. The molecule has 28 heavy (non-hydrogen) atoms. The van der Waals surface area contributed by atoms with Gasteiger partial charge >= 0.3 is 0 Å². The standard InChI is InChI=1S/C26H58N2/c1-27(2,3)25-23-21-19-17-15-13-11-9-7-8-10-12-14-16-18-20-22-24-26-28(4,5)6/h7-26H2,1-6H3/q+2. The molecule has 0 bridgehead atoms. The van der Waals surface area contributed by atoms with Gasteiger partial charge in [-0.25, -0.2) is 0 Å². The summed E-state index contributed by atoms with van der Waals surface area (Å²) in [6, 6.07) is 0. The van der Waals surface area contributed by atoms with Crippen molar-refractivity contribution in [2.24, 2.45) is 0 Å². The lowest BCUT2D eigenvalue weighted by atomic mass is 10.0. The van der Waals surface area contributed by atoms with Gasteiger partial charge in [0.05, 0.1) is 55.4 Å². The molecule has 2 nitrogen and oxygen atoms in total. The van der Waals surface area contributed by atoms with E-state index in [1.54, 1.807) is 0 Å². The molecular formula is C26H58N2+2. The van der Waals surface area contributed by atoms with E-state index in [0.717, 1.165) is 8.97 Å². The molecule has 0 aromatic heterocycles. The van der Waals surface area contributed by atoms with Crippen molar-refractivity contribution in [1.29, 1.82) is 0 Å². The van der Waals surface area contributed by atoms with Crippen LogP contribution in [0.15, 0.2) is 0 Å². The Labute approximate surface area is 180 Å². The molecule has 0 aliphatic carbocycles. The molecule has 0 N–H and O–H groups in total. The SMILES string of the molecule is C[N+](C)(C)CCCCCCCCCCCCCCCCCCCC[N+](C)(C)C. The molecule has 0 radical (unpaired) electrons. The van der Waals surface area contributed by atoms with Gasteiger partial charge in [-0.2, -0.15) is 0 Å². The Balaban J connectivity index is 3.07. The van der Waals surface area contributed by atoms with E-state index in [-0.39, 0.29) is 0 Å². The molecular weight excluding hydrogens is 340 g/mol. The van der Waals surface area contributed by atoms with Crippen LogP contribution in [0.2, 0.25) is 0 Å². The summed E-state index contributed by atoms with van der Waals surface area (Å²) in [6.45, 7) is 2.66. The second kappa shape index (κ2) is 17.8. The average molecular weight is 399 g/mol. The Morgan fingerprint density at radius 3 is 0.536 bits per heavy atom. The van der Waals surface area contributed by atoms with Crippen LogP contribution in [0.3, 0.4) is 0 Å². The van der Waals surface area contributed by atoms with Crippen LogP contribution in [-0.4, -0.2) is 64.3 Å². The summed E-state index contributed by atoms with van der Waals surface area (Å²) in [5.74, 6) is 0. The summed E-state index contributed by atoms with van der Waals surface area (Å²) in [6.07, 6.45) is 26.3. The number of unbranched alkanes of at least 4 members (excludes halogenated alkanes) is 17. The molecule has 0 saturated heterocycles. The highest BCUT2D eigenvalue weighted by Gasteiger charge is 2.05.